The van der Waals surface area contributed by atoms with E-state index in [0.717, 1.165) is 25.0 Å². The summed E-state index contributed by atoms with van der Waals surface area (Å²) in [5.41, 5.74) is 0.524. The fourth-order valence-corrected chi connectivity index (χ4v) is 2.98. The molecule has 2 rings (SSSR count). The van der Waals surface area contributed by atoms with Crippen LogP contribution in [0, 0.1) is 0 Å². The van der Waals surface area contributed by atoms with Crippen LogP contribution in [-0.2, 0) is 11.2 Å². The summed E-state index contributed by atoms with van der Waals surface area (Å²) < 4.78 is 1.24. The summed E-state index contributed by atoms with van der Waals surface area (Å²) in [5, 5.41) is 13.7. The van der Waals surface area contributed by atoms with Gasteiger partial charge in [0.15, 0.2) is 0 Å². The summed E-state index contributed by atoms with van der Waals surface area (Å²) in [6.07, 6.45) is 2.45. The molecule has 7 nitrogen and oxygen atoms in total. The fraction of sp³-hybridized carbons (Fsp3) is 0.538. The number of carboxylic acid groups (broad SMARTS) is 1. The van der Waals surface area contributed by atoms with Gasteiger partial charge in [0.05, 0.1) is 0 Å². The van der Waals surface area contributed by atoms with Crippen LogP contribution in [0.4, 0.5) is 5.13 Å². The molecule has 21 heavy (non-hydrogen) atoms. The SMILES string of the molecule is CCCc1cc(=O)n2nc(N(CCC)CC(=O)O)sc2n1. The minimum Gasteiger partial charge on any atom is -0.480 e. The van der Waals surface area contributed by atoms with Gasteiger partial charge in [-0.05, 0) is 12.8 Å². The van der Waals surface area contributed by atoms with Crippen LogP contribution in [0.3, 0.4) is 0 Å². The van der Waals surface area contributed by atoms with E-state index in [2.05, 4.69) is 10.1 Å². The van der Waals surface area contributed by atoms with Crippen molar-refractivity contribution in [3.8, 4) is 0 Å². The highest BCUT2D eigenvalue weighted by atomic mass is 32.1. The number of aliphatic carboxylic acids is 1. The number of anilines is 1. The number of carbonyl (C=O) groups is 1. The second-order valence-corrected chi connectivity index (χ2v) is 5.66. The fourth-order valence-electron chi connectivity index (χ4n) is 2.03. The largest absolute Gasteiger partial charge is 0.480 e. The molecule has 2 aromatic heterocycles. The van der Waals surface area contributed by atoms with Crippen molar-refractivity contribution in [1.82, 2.24) is 14.6 Å². The average molecular weight is 310 g/mol. The first kappa shape index (κ1) is 15.4. The minimum atomic E-state index is -0.922. The van der Waals surface area contributed by atoms with Crippen LogP contribution in [0.1, 0.15) is 32.4 Å². The van der Waals surface area contributed by atoms with Gasteiger partial charge in [0.25, 0.3) is 5.56 Å². The Balaban J connectivity index is 2.42. The first-order valence-electron chi connectivity index (χ1n) is 6.91. The van der Waals surface area contributed by atoms with E-state index >= 15 is 0 Å². The van der Waals surface area contributed by atoms with Crippen molar-refractivity contribution in [2.24, 2.45) is 0 Å². The maximum Gasteiger partial charge on any atom is 0.323 e. The van der Waals surface area contributed by atoms with E-state index < -0.39 is 5.97 Å². The van der Waals surface area contributed by atoms with Gasteiger partial charge in [0, 0.05) is 18.3 Å². The summed E-state index contributed by atoms with van der Waals surface area (Å²) in [7, 11) is 0. The van der Waals surface area contributed by atoms with E-state index in [1.54, 1.807) is 4.90 Å². The Labute approximate surface area is 125 Å². The summed E-state index contributed by atoms with van der Waals surface area (Å²) in [4.78, 5) is 29.5. The van der Waals surface area contributed by atoms with Gasteiger partial charge < -0.3 is 10.0 Å². The van der Waals surface area contributed by atoms with Crippen LogP contribution < -0.4 is 10.5 Å². The number of rotatable bonds is 7. The van der Waals surface area contributed by atoms with Crippen molar-refractivity contribution in [3.05, 3.63) is 22.1 Å². The van der Waals surface area contributed by atoms with Crippen LogP contribution in [0.15, 0.2) is 10.9 Å². The van der Waals surface area contributed by atoms with Gasteiger partial charge in [-0.3, -0.25) is 9.59 Å². The predicted octanol–water partition coefficient (Wildman–Crippen LogP) is 1.40. The lowest BCUT2D eigenvalue weighted by Crippen LogP contribution is -2.30. The van der Waals surface area contributed by atoms with Gasteiger partial charge in [0.1, 0.15) is 6.54 Å². The molecule has 8 heteroatoms. The molecule has 0 aliphatic heterocycles. The molecule has 0 spiro atoms. The molecule has 2 aromatic rings. The van der Waals surface area contributed by atoms with Gasteiger partial charge in [-0.2, -0.15) is 4.52 Å². The van der Waals surface area contributed by atoms with E-state index in [1.807, 2.05) is 13.8 Å². The zero-order chi connectivity index (χ0) is 15.4. The quantitative estimate of drug-likeness (QED) is 0.832. The summed E-state index contributed by atoms with van der Waals surface area (Å²) in [6.45, 7) is 4.43. The second kappa shape index (κ2) is 6.66. The number of aromatic nitrogens is 3. The molecular weight excluding hydrogens is 292 g/mol. The van der Waals surface area contributed by atoms with E-state index in [9.17, 15) is 9.59 Å². The highest BCUT2D eigenvalue weighted by Crippen LogP contribution is 2.21. The van der Waals surface area contributed by atoms with Crippen molar-refractivity contribution in [1.29, 1.82) is 0 Å². The molecule has 0 bridgehead atoms. The van der Waals surface area contributed by atoms with Crippen LogP contribution >= 0.6 is 11.3 Å². The third-order valence-corrected chi connectivity index (χ3v) is 3.85. The molecule has 0 unspecified atom stereocenters. The van der Waals surface area contributed by atoms with E-state index in [1.165, 1.54) is 21.9 Å². The average Bonchev–Trinajstić information content (AvgIpc) is 2.82. The Kier molecular flexibility index (Phi) is 4.89. The third-order valence-electron chi connectivity index (χ3n) is 2.88. The standard InChI is InChI=1S/C13H18N4O3S/c1-3-5-9-7-10(18)17-12(14-9)21-13(15-17)16(6-4-2)8-11(19)20/h7H,3-6,8H2,1-2H3,(H,19,20). The molecule has 0 radical (unpaired) electrons. The number of hydrogen-bond acceptors (Lipinski definition) is 6. The molecular formula is C13H18N4O3S. The first-order chi connectivity index (χ1) is 10.0. The topological polar surface area (TPSA) is 87.8 Å². The molecule has 0 saturated carbocycles. The zero-order valence-corrected chi connectivity index (χ0v) is 12.9. The molecule has 0 amide bonds. The Hall–Kier alpha value is -1.96. The minimum absolute atomic E-state index is 0.135. The number of fused-ring (bicyclic) bond motifs is 1. The van der Waals surface area contributed by atoms with Crippen molar-refractivity contribution < 1.29 is 9.90 Å². The van der Waals surface area contributed by atoms with Crippen molar-refractivity contribution in [2.45, 2.75) is 33.1 Å². The van der Waals surface area contributed by atoms with Crippen molar-refractivity contribution >= 4 is 27.4 Å². The lowest BCUT2D eigenvalue weighted by Gasteiger charge is -2.17. The van der Waals surface area contributed by atoms with Gasteiger partial charge in [-0.15, -0.1) is 5.10 Å². The first-order valence-corrected chi connectivity index (χ1v) is 7.73. The number of hydrogen-bond donors (Lipinski definition) is 1. The van der Waals surface area contributed by atoms with E-state index in [0.29, 0.717) is 16.6 Å². The van der Waals surface area contributed by atoms with E-state index in [-0.39, 0.29) is 12.1 Å². The van der Waals surface area contributed by atoms with Gasteiger partial charge in [-0.25, -0.2) is 4.98 Å². The van der Waals surface area contributed by atoms with Crippen LogP contribution in [-0.4, -0.2) is 38.8 Å². The molecule has 114 valence electrons. The van der Waals surface area contributed by atoms with E-state index in [4.69, 9.17) is 5.11 Å². The maximum absolute atomic E-state index is 12.0. The maximum atomic E-state index is 12.0. The molecule has 0 saturated heterocycles. The zero-order valence-electron chi connectivity index (χ0n) is 12.1. The molecule has 0 atom stereocenters. The lowest BCUT2D eigenvalue weighted by atomic mass is 10.2. The highest BCUT2D eigenvalue weighted by Gasteiger charge is 2.16. The number of nitrogens with zero attached hydrogens (tertiary/aromatic N) is 4. The van der Waals surface area contributed by atoms with Crippen LogP contribution in [0.2, 0.25) is 0 Å². The van der Waals surface area contributed by atoms with Crippen LogP contribution in [0.25, 0.3) is 4.96 Å². The Bertz CT molecular complexity index is 694. The molecule has 0 aliphatic rings. The highest BCUT2D eigenvalue weighted by molar-refractivity contribution is 7.20. The molecule has 0 aliphatic carbocycles. The van der Waals surface area contributed by atoms with Gasteiger partial charge in [-0.1, -0.05) is 31.6 Å². The molecule has 0 fully saturated rings. The Morgan fingerprint density at radius 3 is 2.81 bits per heavy atom. The Morgan fingerprint density at radius 2 is 2.19 bits per heavy atom. The second-order valence-electron chi connectivity index (χ2n) is 4.73. The predicted molar refractivity (Wildman–Crippen MR) is 81.3 cm³/mol. The lowest BCUT2D eigenvalue weighted by molar-refractivity contribution is -0.135. The molecule has 0 aromatic carbocycles. The normalized spacial score (nSPS) is 11.0. The molecule has 2 heterocycles. The summed E-state index contributed by atoms with van der Waals surface area (Å²) in [5.74, 6) is -0.922. The van der Waals surface area contributed by atoms with Crippen LogP contribution in [0.5, 0.6) is 0 Å². The third kappa shape index (κ3) is 3.57. The van der Waals surface area contributed by atoms with Gasteiger partial charge >= 0.3 is 5.97 Å². The summed E-state index contributed by atoms with van der Waals surface area (Å²) in [6, 6.07) is 1.49. The Morgan fingerprint density at radius 1 is 1.43 bits per heavy atom. The van der Waals surface area contributed by atoms with Gasteiger partial charge in [0.2, 0.25) is 10.1 Å². The number of aryl methyl sites for hydroxylation is 1. The number of carboxylic acids is 1. The monoisotopic (exact) mass is 310 g/mol. The van der Waals surface area contributed by atoms with Crippen molar-refractivity contribution in [3.63, 3.8) is 0 Å². The molecule has 1 N–H and O–H groups in total. The van der Waals surface area contributed by atoms with Crippen molar-refractivity contribution in [2.75, 3.05) is 18.0 Å². The smallest absolute Gasteiger partial charge is 0.323 e. The summed E-state index contributed by atoms with van der Waals surface area (Å²) >= 11 is 1.24.